The van der Waals surface area contributed by atoms with Crippen LogP contribution < -0.4 is 0 Å². The minimum absolute atomic E-state index is 0.601. The molecule has 0 aromatic heterocycles. The van der Waals surface area contributed by atoms with Gasteiger partial charge >= 0.3 is 0 Å². The van der Waals surface area contributed by atoms with Crippen molar-refractivity contribution in [3.8, 4) is 0 Å². The van der Waals surface area contributed by atoms with Gasteiger partial charge in [-0.1, -0.05) is 0 Å². The molecule has 0 aromatic rings. The van der Waals surface area contributed by atoms with Crippen LogP contribution in [0.25, 0.3) is 0 Å². The number of ketones is 2. The summed E-state index contributed by atoms with van der Waals surface area (Å²) in [5.74, 6) is -4.36. The Balaban J connectivity index is 3.99. The predicted molar refractivity (Wildman–Crippen MR) is 35.5 cm³/mol. The molecule has 0 heterocycles. The van der Waals surface area contributed by atoms with Gasteiger partial charge in [0.05, 0.1) is 12.8 Å². The molecule has 0 radical (unpaired) electrons. The highest BCUT2D eigenvalue weighted by Gasteiger charge is 2.31. The topological polar surface area (TPSA) is 34.1 Å². The molecule has 0 unspecified atom stereocenters. The molecule has 0 saturated heterocycles. The van der Waals surface area contributed by atoms with E-state index in [9.17, 15) is 18.4 Å². The van der Waals surface area contributed by atoms with Crippen LogP contribution in [0.4, 0.5) is 8.78 Å². The molecule has 2 nitrogen and oxygen atoms in total. The highest BCUT2D eigenvalue weighted by atomic mass is 19.3. The van der Waals surface area contributed by atoms with Crippen LogP contribution in [-0.4, -0.2) is 17.5 Å². The number of carbonyl (C=O) groups is 2. The zero-order valence-corrected chi connectivity index (χ0v) is 6.49. The van der Waals surface area contributed by atoms with Gasteiger partial charge in [0, 0.05) is 0 Å². The van der Waals surface area contributed by atoms with Crippen LogP contribution in [0, 0.1) is 0 Å². The van der Waals surface area contributed by atoms with E-state index in [4.69, 9.17) is 0 Å². The minimum Gasteiger partial charge on any atom is -0.300 e. The summed E-state index contributed by atoms with van der Waals surface area (Å²) >= 11 is 0. The quantitative estimate of drug-likeness (QED) is 0.632. The third-order valence-electron chi connectivity index (χ3n) is 1.02. The van der Waals surface area contributed by atoms with Gasteiger partial charge < -0.3 is 0 Å². The van der Waals surface area contributed by atoms with E-state index in [1.165, 1.54) is 0 Å². The number of rotatable bonds is 4. The molecule has 0 aliphatic carbocycles. The number of alkyl halides is 2. The molecular formula is C7H10F2O2. The second kappa shape index (κ2) is 3.55. The Morgan fingerprint density at radius 1 is 1.09 bits per heavy atom. The molecule has 4 heteroatoms. The first-order valence-electron chi connectivity index (χ1n) is 3.20. The summed E-state index contributed by atoms with van der Waals surface area (Å²) in [6, 6.07) is 0. The van der Waals surface area contributed by atoms with Crippen LogP contribution in [-0.2, 0) is 9.59 Å². The zero-order chi connectivity index (χ0) is 9.07. The van der Waals surface area contributed by atoms with Gasteiger partial charge in [0.1, 0.15) is 11.6 Å². The van der Waals surface area contributed by atoms with Crippen molar-refractivity contribution < 1.29 is 18.4 Å². The van der Waals surface area contributed by atoms with Crippen molar-refractivity contribution >= 4 is 11.6 Å². The lowest BCUT2D eigenvalue weighted by molar-refractivity contribution is -0.130. The van der Waals surface area contributed by atoms with E-state index >= 15 is 0 Å². The van der Waals surface area contributed by atoms with Crippen molar-refractivity contribution in [2.24, 2.45) is 0 Å². The highest BCUT2D eigenvalue weighted by molar-refractivity contribution is 5.80. The Morgan fingerprint density at radius 3 is 1.55 bits per heavy atom. The molecule has 0 aliphatic rings. The molecular weight excluding hydrogens is 154 g/mol. The summed E-state index contributed by atoms with van der Waals surface area (Å²) in [6.45, 7) is 2.15. The lowest BCUT2D eigenvalue weighted by Gasteiger charge is -2.11. The maximum atomic E-state index is 12.5. The molecule has 0 aromatic carbocycles. The molecule has 0 amide bonds. The van der Waals surface area contributed by atoms with Crippen molar-refractivity contribution in [3.05, 3.63) is 0 Å². The van der Waals surface area contributed by atoms with E-state index in [1.807, 2.05) is 0 Å². The average Bonchev–Trinajstić information content (AvgIpc) is 1.53. The van der Waals surface area contributed by atoms with Crippen LogP contribution in [0.15, 0.2) is 0 Å². The average molecular weight is 164 g/mol. The van der Waals surface area contributed by atoms with Crippen molar-refractivity contribution in [3.63, 3.8) is 0 Å². The smallest absolute Gasteiger partial charge is 0.261 e. The van der Waals surface area contributed by atoms with Crippen LogP contribution in [0.5, 0.6) is 0 Å². The van der Waals surface area contributed by atoms with Crippen LogP contribution in [0.2, 0.25) is 0 Å². The van der Waals surface area contributed by atoms with Crippen molar-refractivity contribution in [1.82, 2.24) is 0 Å². The van der Waals surface area contributed by atoms with Gasteiger partial charge in [0.2, 0.25) is 0 Å². The van der Waals surface area contributed by atoms with E-state index in [2.05, 4.69) is 0 Å². The van der Waals surface area contributed by atoms with Gasteiger partial charge in [0.25, 0.3) is 5.92 Å². The van der Waals surface area contributed by atoms with Gasteiger partial charge in [0.15, 0.2) is 0 Å². The monoisotopic (exact) mass is 164 g/mol. The SMILES string of the molecule is CC(=O)CC(F)(F)CC(C)=O. The van der Waals surface area contributed by atoms with E-state index < -0.39 is 30.3 Å². The van der Waals surface area contributed by atoms with E-state index in [1.54, 1.807) is 0 Å². The second-order valence-electron chi connectivity index (χ2n) is 2.61. The van der Waals surface area contributed by atoms with Gasteiger partial charge in [-0.3, -0.25) is 9.59 Å². The van der Waals surface area contributed by atoms with Crippen molar-refractivity contribution in [1.29, 1.82) is 0 Å². The van der Waals surface area contributed by atoms with Gasteiger partial charge in [-0.15, -0.1) is 0 Å². The summed E-state index contributed by atoms with van der Waals surface area (Å²) < 4.78 is 25.0. The fourth-order valence-corrected chi connectivity index (χ4v) is 0.791. The van der Waals surface area contributed by atoms with Gasteiger partial charge in [-0.05, 0) is 13.8 Å². The molecule has 0 fully saturated rings. The number of hydrogen-bond donors (Lipinski definition) is 0. The summed E-state index contributed by atoms with van der Waals surface area (Å²) in [5, 5.41) is 0. The lowest BCUT2D eigenvalue weighted by Crippen LogP contribution is -2.22. The zero-order valence-electron chi connectivity index (χ0n) is 6.49. The number of hydrogen-bond acceptors (Lipinski definition) is 2. The first-order valence-corrected chi connectivity index (χ1v) is 3.20. The molecule has 0 aliphatic heterocycles. The first kappa shape index (κ1) is 10.2. The molecule has 0 saturated carbocycles. The molecule has 0 bridgehead atoms. The molecule has 11 heavy (non-hydrogen) atoms. The summed E-state index contributed by atoms with van der Waals surface area (Å²) in [5.41, 5.74) is 0. The Hall–Kier alpha value is -0.800. The van der Waals surface area contributed by atoms with E-state index in [0.29, 0.717) is 0 Å². The lowest BCUT2D eigenvalue weighted by atomic mass is 10.1. The molecule has 0 rings (SSSR count). The summed E-state index contributed by atoms with van der Waals surface area (Å²) in [6.07, 6.45) is -1.68. The largest absolute Gasteiger partial charge is 0.300 e. The maximum absolute atomic E-state index is 12.5. The number of halogens is 2. The molecule has 0 atom stereocenters. The normalized spacial score (nSPS) is 11.3. The van der Waals surface area contributed by atoms with Gasteiger partial charge in [-0.25, -0.2) is 8.78 Å². The Bertz CT molecular complexity index is 157. The fourth-order valence-electron chi connectivity index (χ4n) is 0.791. The molecule has 0 spiro atoms. The van der Waals surface area contributed by atoms with Gasteiger partial charge in [-0.2, -0.15) is 0 Å². The third-order valence-corrected chi connectivity index (χ3v) is 1.02. The fraction of sp³-hybridized carbons (Fsp3) is 0.714. The standard InChI is InChI=1S/C7H10F2O2/c1-5(10)3-7(8,9)4-6(2)11/h3-4H2,1-2H3. The number of Topliss-reactive ketones (excluding diaryl/α,β-unsaturated/α-hetero) is 2. The maximum Gasteiger partial charge on any atom is 0.261 e. The summed E-state index contributed by atoms with van der Waals surface area (Å²) in [7, 11) is 0. The predicted octanol–water partition coefficient (Wildman–Crippen LogP) is 1.58. The summed E-state index contributed by atoms with van der Waals surface area (Å²) in [4.78, 5) is 20.5. The Kier molecular flexibility index (Phi) is 3.29. The molecule has 64 valence electrons. The first-order chi connectivity index (χ1) is 4.83. The van der Waals surface area contributed by atoms with Crippen LogP contribution >= 0.6 is 0 Å². The Labute approximate surface area is 63.6 Å². The van der Waals surface area contributed by atoms with E-state index in [0.717, 1.165) is 13.8 Å². The second-order valence-corrected chi connectivity index (χ2v) is 2.61. The number of carbonyl (C=O) groups excluding carboxylic acids is 2. The molecule has 0 N–H and O–H groups in total. The highest BCUT2D eigenvalue weighted by Crippen LogP contribution is 2.22. The van der Waals surface area contributed by atoms with Crippen LogP contribution in [0.3, 0.4) is 0 Å². The van der Waals surface area contributed by atoms with Crippen LogP contribution in [0.1, 0.15) is 26.7 Å². The minimum atomic E-state index is -3.16. The Morgan fingerprint density at radius 2 is 1.36 bits per heavy atom. The van der Waals surface area contributed by atoms with Crippen molar-refractivity contribution in [2.45, 2.75) is 32.6 Å². The third kappa shape index (κ3) is 5.63. The van der Waals surface area contributed by atoms with Crippen molar-refractivity contribution in [2.75, 3.05) is 0 Å². The van der Waals surface area contributed by atoms with E-state index in [-0.39, 0.29) is 0 Å².